The maximum Gasteiger partial charge on any atom is 0.340 e. The van der Waals surface area contributed by atoms with Crippen LogP contribution >= 0.6 is 0 Å². The number of nitrogens with zero attached hydrogens (tertiary/aromatic N) is 1. The number of esters is 1. The Morgan fingerprint density at radius 1 is 0.844 bits per heavy atom. The monoisotopic (exact) mass is 439 g/mol. The number of hydrogen-bond donors (Lipinski definition) is 0. The van der Waals surface area contributed by atoms with E-state index in [1.165, 1.54) is 33.3 Å². The highest BCUT2D eigenvalue weighted by Gasteiger charge is 2.38. The van der Waals surface area contributed by atoms with Crippen molar-refractivity contribution in [3.05, 3.63) is 58.8 Å². The molecular formula is C24H25NO7. The predicted octanol–water partition coefficient (Wildman–Crippen LogP) is 3.60. The maximum atomic E-state index is 13.5. The van der Waals surface area contributed by atoms with Crippen LogP contribution in [0.3, 0.4) is 0 Å². The minimum Gasteiger partial charge on any atom is -0.497 e. The van der Waals surface area contributed by atoms with Crippen molar-refractivity contribution in [3.63, 3.8) is 0 Å². The van der Waals surface area contributed by atoms with Gasteiger partial charge in [-0.3, -0.25) is 9.69 Å². The van der Waals surface area contributed by atoms with Gasteiger partial charge in [-0.1, -0.05) is 0 Å². The van der Waals surface area contributed by atoms with Crippen LogP contribution in [0.15, 0.2) is 53.2 Å². The van der Waals surface area contributed by atoms with E-state index >= 15 is 0 Å². The first-order valence-corrected chi connectivity index (χ1v) is 9.69. The zero-order valence-electron chi connectivity index (χ0n) is 18.8. The third-order valence-corrected chi connectivity index (χ3v) is 5.15. The van der Waals surface area contributed by atoms with Crippen LogP contribution in [-0.2, 0) is 14.3 Å². The Bertz CT molecular complexity index is 1120. The molecular weight excluding hydrogens is 414 g/mol. The van der Waals surface area contributed by atoms with Gasteiger partial charge >= 0.3 is 5.97 Å². The van der Waals surface area contributed by atoms with Crippen molar-refractivity contribution in [1.29, 1.82) is 0 Å². The molecule has 0 saturated carbocycles. The summed E-state index contributed by atoms with van der Waals surface area (Å²) in [5.74, 6) is 1.08. The minimum atomic E-state index is -0.619. The number of carbonyl (C=O) groups excluding carboxylic acids is 2. The average Bonchev–Trinajstić information content (AvgIpc) is 3.06. The lowest BCUT2D eigenvalue weighted by molar-refractivity contribution is -0.136. The summed E-state index contributed by atoms with van der Waals surface area (Å²) in [6, 6.07) is 10.3. The largest absolute Gasteiger partial charge is 0.497 e. The molecule has 8 nitrogen and oxygen atoms in total. The standard InChI is InChI=1S/C24H25NO7/c1-14-22(24(27)32-6)18(12-15-11-17(28-2)8-10-19(15)29-3)23(26)25(14)16-7-9-20(30-4)21(13-16)31-5/h7-13H,1-6H3/b18-12-. The van der Waals surface area contributed by atoms with Crippen LogP contribution < -0.4 is 23.8 Å². The van der Waals surface area contributed by atoms with Gasteiger partial charge in [-0.05, 0) is 43.3 Å². The van der Waals surface area contributed by atoms with Crippen molar-refractivity contribution >= 4 is 23.6 Å². The topological polar surface area (TPSA) is 83.5 Å². The van der Waals surface area contributed by atoms with Crippen LogP contribution in [-0.4, -0.2) is 47.4 Å². The number of carbonyl (C=O) groups is 2. The summed E-state index contributed by atoms with van der Waals surface area (Å²) >= 11 is 0. The van der Waals surface area contributed by atoms with Crippen LogP contribution in [0.2, 0.25) is 0 Å². The quantitative estimate of drug-likeness (QED) is 0.481. The molecule has 2 aromatic carbocycles. The molecule has 0 bridgehead atoms. The fourth-order valence-electron chi connectivity index (χ4n) is 3.56. The number of allylic oxidation sites excluding steroid dienone is 1. The number of hydrogen-bond acceptors (Lipinski definition) is 7. The molecule has 0 unspecified atom stereocenters. The Morgan fingerprint density at radius 3 is 2.09 bits per heavy atom. The molecule has 32 heavy (non-hydrogen) atoms. The molecule has 0 N–H and O–H groups in total. The highest BCUT2D eigenvalue weighted by atomic mass is 16.5. The minimum absolute atomic E-state index is 0.164. The Hall–Kier alpha value is -3.94. The first-order chi connectivity index (χ1) is 15.4. The second kappa shape index (κ2) is 9.47. The van der Waals surface area contributed by atoms with E-state index in [2.05, 4.69) is 0 Å². The van der Waals surface area contributed by atoms with Crippen molar-refractivity contribution in [1.82, 2.24) is 0 Å². The molecule has 1 heterocycles. The number of rotatable bonds is 7. The van der Waals surface area contributed by atoms with E-state index in [0.29, 0.717) is 39.9 Å². The Labute approximate surface area is 186 Å². The summed E-state index contributed by atoms with van der Waals surface area (Å²) in [6.07, 6.45) is 1.60. The molecule has 3 rings (SSSR count). The average molecular weight is 439 g/mol. The summed E-state index contributed by atoms with van der Waals surface area (Å²) in [5.41, 5.74) is 1.88. The number of ether oxygens (including phenoxy) is 5. The molecule has 168 valence electrons. The van der Waals surface area contributed by atoms with Gasteiger partial charge in [-0.2, -0.15) is 0 Å². The SMILES string of the molecule is COC(=O)C1=C(C)N(c2ccc(OC)c(OC)c2)C(=O)/C1=C\c1cc(OC)ccc1OC. The number of amides is 1. The Balaban J connectivity index is 2.18. The van der Waals surface area contributed by atoms with Gasteiger partial charge in [0.2, 0.25) is 0 Å². The van der Waals surface area contributed by atoms with Crippen LogP contribution in [0.4, 0.5) is 5.69 Å². The van der Waals surface area contributed by atoms with Gasteiger partial charge in [0.05, 0.1) is 52.4 Å². The first-order valence-electron chi connectivity index (χ1n) is 9.69. The molecule has 0 radical (unpaired) electrons. The third-order valence-electron chi connectivity index (χ3n) is 5.15. The maximum absolute atomic E-state index is 13.5. The second-order valence-electron chi connectivity index (χ2n) is 6.80. The van der Waals surface area contributed by atoms with E-state index in [-0.39, 0.29) is 17.1 Å². The van der Waals surface area contributed by atoms with Crippen molar-refractivity contribution in [2.45, 2.75) is 6.92 Å². The second-order valence-corrected chi connectivity index (χ2v) is 6.80. The summed E-state index contributed by atoms with van der Waals surface area (Å²) < 4.78 is 26.3. The van der Waals surface area contributed by atoms with E-state index < -0.39 is 5.97 Å². The number of anilines is 1. The Kier molecular flexibility index (Phi) is 6.73. The lowest BCUT2D eigenvalue weighted by atomic mass is 10.0. The molecule has 2 aromatic rings. The summed E-state index contributed by atoms with van der Waals surface area (Å²) in [4.78, 5) is 27.6. The van der Waals surface area contributed by atoms with Crippen molar-refractivity contribution in [2.24, 2.45) is 0 Å². The molecule has 1 aliphatic rings. The predicted molar refractivity (Wildman–Crippen MR) is 119 cm³/mol. The van der Waals surface area contributed by atoms with Crippen molar-refractivity contribution in [3.8, 4) is 23.0 Å². The normalized spacial score (nSPS) is 14.6. The van der Waals surface area contributed by atoms with Gasteiger partial charge in [0.25, 0.3) is 5.91 Å². The van der Waals surface area contributed by atoms with E-state index in [1.807, 2.05) is 0 Å². The fourth-order valence-corrected chi connectivity index (χ4v) is 3.56. The van der Waals surface area contributed by atoms with Crippen molar-refractivity contribution < 1.29 is 33.3 Å². The van der Waals surface area contributed by atoms with Gasteiger partial charge in [0.1, 0.15) is 11.5 Å². The number of methoxy groups -OCH3 is 5. The Morgan fingerprint density at radius 2 is 1.50 bits per heavy atom. The van der Waals surface area contributed by atoms with Gasteiger partial charge in [0.15, 0.2) is 11.5 Å². The lowest BCUT2D eigenvalue weighted by Gasteiger charge is -2.19. The van der Waals surface area contributed by atoms with Gasteiger partial charge in [-0.25, -0.2) is 4.79 Å². The third kappa shape index (κ3) is 3.99. The lowest BCUT2D eigenvalue weighted by Crippen LogP contribution is -2.24. The first kappa shape index (κ1) is 22.7. The van der Waals surface area contributed by atoms with Crippen molar-refractivity contribution in [2.75, 3.05) is 40.4 Å². The van der Waals surface area contributed by atoms with E-state index in [1.54, 1.807) is 56.5 Å². The molecule has 1 amide bonds. The van der Waals surface area contributed by atoms with Crippen LogP contribution in [0.5, 0.6) is 23.0 Å². The van der Waals surface area contributed by atoms with Gasteiger partial charge in [-0.15, -0.1) is 0 Å². The molecule has 0 atom stereocenters. The van der Waals surface area contributed by atoms with Gasteiger partial charge < -0.3 is 23.7 Å². The molecule has 0 saturated heterocycles. The highest BCUT2D eigenvalue weighted by molar-refractivity contribution is 6.24. The van der Waals surface area contributed by atoms with Crippen LogP contribution in [0, 0.1) is 0 Å². The van der Waals surface area contributed by atoms with Crippen LogP contribution in [0.1, 0.15) is 12.5 Å². The summed E-state index contributed by atoms with van der Waals surface area (Å²) in [7, 11) is 7.38. The van der Waals surface area contributed by atoms with E-state index in [4.69, 9.17) is 23.7 Å². The smallest absolute Gasteiger partial charge is 0.340 e. The van der Waals surface area contributed by atoms with E-state index in [9.17, 15) is 9.59 Å². The van der Waals surface area contributed by atoms with Crippen LogP contribution in [0.25, 0.3) is 6.08 Å². The van der Waals surface area contributed by atoms with E-state index in [0.717, 1.165) is 0 Å². The molecule has 0 spiro atoms. The summed E-state index contributed by atoms with van der Waals surface area (Å²) in [6.45, 7) is 1.69. The molecule has 0 aromatic heterocycles. The highest BCUT2D eigenvalue weighted by Crippen LogP contribution is 2.40. The molecule has 8 heteroatoms. The van der Waals surface area contributed by atoms with Gasteiger partial charge in [0, 0.05) is 17.3 Å². The zero-order valence-corrected chi connectivity index (χ0v) is 18.8. The summed E-state index contributed by atoms with van der Waals surface area (Å²) in [5, 5.41) is 0. The molecule has 0 aliphatic carbocycles. The fraction of sp³-hybridized carbons (Fsp3) is 0.250. The zero-order chi connectivity index (χ0) is 23.4. The molecule has 1 aliphatic heterocycles. The molecule has 0 fully saturated rings. The number of benzene rings is 2.